The van der Waals surface area contributed by atoms with Crippen molar-refractivity contribution in [3.8, 4) is 11.3 Å². The average molecular weight is 500 g/mol. The van der Waals surface area contributed by atoms with Gasteiger partial charge in [0, 0.05) is 37.3 Å². The van der Waals surface area contributed by atoms with E-state index < -0.39 is 17.6 Å². The molecule has 0 radical (unpaired) electrons. The third kappa shape index (κ3) is 4.75. The maximum atomic E-state index is 14.9. The topological polar surface area (TPSA) is 71.8 Å². The van der Waals surface area contributed by atoms with Gasteiger partial charge < -0.3 is 9.88 Å². The van der Waals surface area contributed by atoms with E-state index in [1.54, 1.807) is 36.2 Å². The van der Waals surface area contributed by atoms with Crippen molar-refractivity contribution in [3.05, 3.63) is 59.7 Å². The highest BCUT2D eigenvalue weighted by Gasteiger charge is 2.37. The Bertz CT molecular complexity index is 1420. The molecular weight excluding hydrogens is 474 g/mol. The molecule has 0 bridgehead atoms. The van der Waals surface area contributed by atoms with Gasteiger partial charge in [-0.3, -0.25) is 4.90 Å². The normalized spacial score (nSPS) is 15.8. The van der Waals surface area contributed by atoms with Gasteiger partial charge in [-0.25, -0.2) is 37.5 Å². The fraction of sp³-hybridized carbons (Fsp3) is 0.360. The van der Waals surface area contributed by atoms with Crippen LogP contribution in [0.1, 0.15) is 37.7 Å². The molecule has 0 spiro atoms. The average Bonchev–Trinajstić information content (AvgIpc) is 3.34. The van der Waals surface area contributed by atoms with E-state index in [0.717, 1.165) is 11.8 Å². The monoisotopic (exact) mass is 499 g/mol. The highest BCUT2D eigenvalue weighted by molar-refractivity contribution is 5.83. The molecule has 4 heterocycles. The summed E-state index contributed by atoms with van der Waals surface area (Å²) in [4.78, 5) is 18.5. The van der Waals surface area contributed by atoms with Crippen LogP contribution in [0.5, 0.6) is 0 Å². The van der Waals surface area contributed by atoms with Crippen LogP contribution in [0.25, 0.3) is 22.3 Å². The number of alkyl halides is 2. The molecule has 1 aliphatic rings. The molecule has 1 aliphatic heterocycles. The standard InChI is InChI=1S/C25H25F4N7/c1-14(2)36-15(3)32-23-18(26)8-17(9-20(23)36)22-19(27)11-31-24(34-22)33-21-5-4-16(10-30-21)12-35-7-6-25(28,29)13-35/h4-5,8-11,14H,6-7,12-13H2,1-3H3,(H,30,31,33,34). The van der Waals surface area contributed by atoms with Gasteiger partial charge in [-0.1, -0.05) is 6.07 Å². The Morgan fingerprint density at radius 3 is 2.53 bits per heavy atom. The lowest BCUT2D eigenvalue weighted by Gasteiger charge is -2.15. The summed E-state index contributed by atoms with van der Waals surface area (Å²) in [5.41, 5.74) is 1.77. The smallest absolute Gasteiger partial charge is 0.261 e. The predicted molar refractivity (Wildman–Crippen MR) is 128 cm³/mol. The maximum absolute atomic E-state index is 14.9. The van der Waals surface area contributed by atoms with Crippen molar-refractivity contribution < 1.29 is 17.6 Å². The zero-order valence-electron chi connectivity index (χ0n) is 20.1. The number of halogens is 4. The van der Waals surface area contributed by atoms with Gasteiger partial charge in [-0.05, 0) is 44.5 Å². The molecule has 36 heavy (non-hydrogen) atoms. The summed E-state index contributed by atoms with van der Waals surface area (Å²) in [5.74, 6) is -2.76. The van der Waals surface area contributed by atoms with Gasteiger partial charge in [0.1, 0.15) is 22.9 Å². The van der Waals surface area contributed by atoms with E-state index >= 15 is 0 Å². The molecule has 1 saturated heterocycles. The molecule has 7 nitrogen and oxygen atoms in total. The van der Waals surface area contributed by atoms with Crippen molar-refractivity contribution in [2.24, 2.45) is 0 Å². The number of hydrogen-bond donors (Lipinski definition) is 1. The number of nitrogens with one attached hydrogen (secondary N) is 1. The number of fused-ring (bicyclic) bond motifs is 1. The van der Waals surface area contributed by atoms with Gasteiger partial charge in [0.2, 0.25) is 5.95 Å². The quantitative estimate of drug-likeness (QED) is 0.346. The van der Waals surface area contributed by atoms with Gasteiger partial charge in [0.05, 0.1) is 18.3 Å². The third-order valence-corrected chi connectivity index (χ3v) is 6.18. The van der Waals surface area contributed by atoms with E-state index in [-0.39, 0.29) is 41.7 Å². The Balaban J connectivity index is 1.39. The van der Waals surface area contributed by atoms with Gasteiger partial charge in [0.15, 0.2) is 11.6 Å². The van der Waals surface area contributed by atoms with E-state index in [1.165, 1.54) is 6.07 Å². The molecule has 1 N–H and O–H groups in total. The first-order chi connectivity index (χ1) is 17.1. The summed E-state index contributed by atoms with van der Waals surface area (Å²) in [6.45, 7) is 6.17. The second-order valence-corrected chi connectivity index (χ2v) is 9.33. The van der Waals surface area contributed by atoms with E-state index in [0.29, 0.717) is 30.2 Å². The van der Waals surface area contributed by atoms with E-state index in [9.17, 15) is 17.6 Å². The molecule has 1 aromatic carbocycles. The Morgan fingerprint density at radius 1 is 1.06 bits per heavy atom. The molecule has 11 heteroatoms. The van der Waals surface area contributed by atoms with Gasteiger partial charge in [-0.15, -0.1) is 0 Å². The minimum Gasteiger partial charge on any atom is -0.326 e. The molecule has 4 aromatic rings. The Morgan fingerprint density at radius 2 is 1.86 bits per heavy atom. The van der Waals surface area contributed by atoms with Crippen LogP contribution in [-0.4, -0.2) is 48.4 Å². The second-order valence-electron chi connectivity index (χ2n) is 9.33. The molecule has 188 valence electrons. The molecule has 0 amide bonds. The van der Waals surface area contributed by atoms with E-state index in [4.69, 9.17) is 0 Å². The third-order valence-electron chi connectivity index (χ3n) is 6.18. The second kappa shape index (κ2) is 9.12. The van der Waals surface area contributed by atoms with E-state index in [2.05, 4.69) is 25.3 Å². The molecular formula is C25H25F4N7. The lowest BCUT2D eigenvalue weighted by molar-refractivity contribution is 0.0115. The Kier molecular flexibility index (Phi) is 6.11. The molecule has 0 atom stereocenters. The zero-order chi connectivity index (χ0) is 25.6. The van der Waals surface area contributed by atoms with Gasteiger partial charge >= 0.3 is 0 Å². The summed E-state index contributed by atoms with van der Waals surface area (Å²) in [6.07, 6.45) is 2.46. The number of hydrogen-bond acceptors (Lipinski definition) is 6. The molecule has 0 saturated carbocycles. The first kappa shape index (κ1) is 24.1. The van der Waals surface area contributed by atoms with Crippen LogP contribution in [0.4, 0.5) is 29.3 Å². The van der Waals surface area contributed by atoms with Crippen LogP contribution in [0.2, 0.25) is 0 Å². The number of pyridine rings is 1. The van der Waals surface area contributed by atoms with Crippen LogP contribution in [0.3, 0.4) is 0 Å². The lowest BCUT2D eigenvalue weighted by atomic mass is 10.1. The summed E-state index contributed by atoms with van der Waals surface area (Å²) in [6, 6.07) is 6.36. The molecule has 5 rings (SSSR count). The SMILES string of the molecule is Cc1nc2c(F)cc(-c3nc(Nc4ccc(CN5CCC(F)(F)C5)cn4)ncc3F)cc2n1C(C)C. The van der Waals surface area contributed by atoms with Crippen molar-refractivity contribution in [2.75, 3.05) is 18.4 Å². The number of rotatable bonds is 6. The predicted octanol–water partition coefficient (Wildman–Crippen LogP) is 5.64. The highest BCUT2D eigenvalue weighted by atomic mass is 19.3. The number of nitrogens with zero attached hydrogens (tertiary/aromatic N) is 6. The Labute approximate surface area is 205 Å². The van der Waals surface area contributed by atoms with Gasteiger partial charge in [-0.2, -0.15) is 0 Å². The van der Waals surface area contributed by atoms with E-state index in [1.807, 2.05) is 18.4 Å². The van der Waals surface area contributed by atoms with Gasteiger partial charge in [0.25, 0.3) is 5.92 Å². The fourth-order valence-electron chi connectivity index (χ4n) is 4.59. The summed E-state index contributed by atoms with van der Waals surface area (Å²) in [7, 11) is 0. The number of likely N-dealkylation sites (tertiary alicyclic amines) is 1. The minimum atomic E-state index is -2.65. The van der Waals surface area contributed by atoms with Crippen LogP contribution >= 0.6 is 0 Å². The van der Waals surface area contributed by atoms with Crippen molar-refractivity contribution >= 4 is 22.8 Å². The maximum Gasteiger partial charge on any atom is 0.261 e. The first-order valence-electron chi connectivity index (χ1n) is 11.6. The van der Waals surface area contributed by atoms with Crippen molar-refractivity contribution in [2.45, 2.75) is 45.7 Å². The Hall–Kier alpha value is -3.60. The highest BCUT2D eigenvalue weighted by Crippen LogP contribution is 2.31. The number of benzene rings is 1. The van der Waals surface area contributed by atoms with Crippen LogP contribution in [0, 0.1) is 18.6 Å². The molecule has 0 aliphatic carbocycles. The summed E-state index contributed by atoms with van der Waals surface area (Å²) < 4.78 is 58.3. The molecule has 3 aromatic heterocycles. The lowest BCUT2D eigenvalue weighted by Crippen LogP contribution is -2.24. The van der Waals surface area contributed by atoms with Crippen molar-refractivity contribution in [1.29, 1.82) is 0 Å². The van der Waals surface area contributed by atoms with Crippen LogP contribution < -0.4 is 5.32 Å². The summed E-state index contributed by atoms with van der Waals surface area (Å²) in [5, 5.41) is 2.92. The van der Waals surface area contributed by atoms with Crippen LogP contribution in [0.15, 0.2) is 36.7 Å². The van der Waals surface area contributed by atoms with Crippen LogP contribution in [-0.2, 0) is 6.54 Å². The number of anilines is 2. The number of imidazole rings is 1. The van der Waals surface area contributed by atoms with Crippen molar-refractivity contribution in [3.63, 3.8) is 0 Å². The number of aryl methyl sites for hydroxylation is 1. The number of aromatic nitrogens is 5. The minimum absolute atomic E-state index is 0.0353. The zero-order valence-corrected chi connectivity index (χ0v) is 20.1. The molecule has 1 fully saturated rings. The fourth-order valence-corrected chi connectivity index (χ4v) is 4.59. The molecule has 0 unspecified atom stereocenters. The largest absolute Gasteiger partial charge is 0.326 e. The summed E-state index contributed by atoms with van der Waals surface area (Å²) >= 11 is 0. The first-order valence-corrected chi connectivity index (χ1v) is 11.6. The van der Waals surface area contributed by atoms with Crippen molar-refractivity contribution in [1.82, 2.24) is 29.4 Å².